The molecule has 1 saturated heterocycles. The van der Waals surface area contributed by atoms with Gasteiger partial charge < -0.3 is 14.2 Å². The van der Waals surface area contributed by atoms with Crippen molar-refractivity contribution < 1.29 is 28.7 Å². The molecule has 0 bridgehead atoms. The molecule has 0 radical (unpaired) electrons. The van der Waals surface area contributed by atoms with Crippen LogP contribution in [0.2, 0.25) is 0 Å². The Hall–Kier alpha value is -5.22. The van der Waals surface area contributed by atoms with Crippen molar-refractivity contribution in [2.45, 2.75) is 94.9 Å². The highest BCUT2D eigenvalue weighted by Crippen LogP contribution is 2.40. The molecule has 3 fully saturated rings. The van der Waals surface area contributed by atoms with Gasteiger partial charge in [0.15, 0.2) is 11.6 Å². The molecule has 4 aromatic rings. The van der Waals surface area contributed by atoms with E-state index in [2.05, 4.69) is 51.1 Å². The average Bonchev–Trinajstić information content (AvgIpc) is 3.86. The number of aromatic nitrogens is 2. The molecule has 2 aromatic heterocycles. The van der Waals surface area contributed by atoms with Gasteiger partial charge in [0.2, 0.25) is 0 Å². The van der Waals surface area contributed by atoms with Crippen LogP contribution in [0.5, 0.6) is 0 Å². The molecular weight excluding hydrogens is 668 g/mol. The number of anilines is 1. The van der Waals surface area contributed by atoms with Gasteiger partial charge in [-0.15, -0.1) is 0 Å². The number of ether oxygens (including phenoxy) is 1. The summed E-state index contributed by atoms with van der Waals surface area (Å²) in [6, 6.07) is 15.2. The Kier molecular flexibility index (Phi) is 8.65. The Labute approximate surface area is 308 Å². The Morgan fingerprint density at radius 2 is 1.42 bits per heavy atom. The summed E-state index contributed by atoms with van der Waals surface area (Å²) in [5, 5.41) is 0. The van der Waals surface area contributed by atoms with Crippen molar-refractivity contribution in [2.24, 2.45) is 0 Å². The molecule has 9 rings (SSSR count). The fraction of sp³-hybridized carbons (Fsp3) is 0.395. The molecule has 10 nitrogen and oxygen atoms in total. The molecule has 2 amide bonds. The molecule has 1 unspecified atom stereocenters. The van der Waals surface area contributed by atoms with Crippen LogP contribution in [0, 0.1) is 0 Å². The Bertz CT molecular complexity index is 2150. The van der Waals surface area contributed by atoms with Crippen LogP contribution in [-0.4, -0.2) is 75.0 Å². The maximum absolute atomic E-state index is 13.4. The maximum atomic E-state index is 13.4. The number of pyridine rings is 1. The van der Waals surface area contributed by atoms with Crippen LogP contribution in [0.3, 0.4) is 0 Å². The van der Waals surface area contributed by atoms with E-state index < -0.39 is 17.9 Å². The van der Waals surface area contributed by atoms with Crippen molar-refractivity contribution >= 4 is 34.9 Å². The first kappa shape index (κ1) is 33.6. The molecule has 4 heterocycles. The number of Topliss-reactive ketones (excluding diaryl/α,β-unsaturated/α-hetero) is 3. The van der Waals surface area contributed by atoms with Crippen molar-refractivity contribution in [3.05, 3.63) is 95.6 Å². The monoisotopic (exact) mass is 710 g/mol. The number of imide groups is 1. The lowest BCUT2D eigenvalue weighted by Crippen LogP contribution is -2.47. The first-order chi connectivity index (χ1) is 25.8. The first-order valence-corrected chi connectivity index (χ1v) is 19.1. The number of hydrogen-bond acceptors (Lipinski definition) is 8. The number of amides is 2. The molecule has 5 aliphatic rings. The second-order valence-corrected chi connectivity index (χ2v) is 15.3. The Balaban J connectivity index is 0.855. The lowest BCUT2D eigenvalue weighted by Gasteiger charge is -2.37. The summed E-state index contributed by atoms with van der Waals surface area (Å²) in [6.07, 6.45) is 16.0. The highest BCUT2D eigenvalue weighted by atomic mass is 16.5. The van der Waals surface area contributed by atoms with Gasteiger partial charge in [0.25, 0.3) is 11.8 Å². The average molecular weight is 711 g/mol. The molecular formula is C43H42N4O6. The van der Waals surface area contributed by atoms with Gasteiger partial charge in [-0.2, -0.15) is 0 Å². The van der Waals surface area contributed by atoms with Crippen LogP contribution in [0.25, 0.3) is 22.3 Å². The third-order valence-corrected chi connectivity index (χ3v) is 12.0. The summed E-state index contributed by atoms with van der Waals surface area (Å²) in [5.41, 5.74) is 8.11. The zero-order valence-electron chi connectivity index (χ0n) is 29.7. The van der Waals surface area contributed by atoms with E-state index >= 15 is 0 Å². The van der Waals surface area contributed by atoms with Crippen molar-refractivity contribution in [3.8, 4) is 22.3 Å². The van der Waals surface area contributed by atoms with Crippen molar-refractivity contribution in [1.82, 2.24) is 14.5 Å². The smallest absolute Gasteiger partial charge is 0.262 e. The molecule has 3 aliphatic carbocycles. The molecule has 0 spiro atoms. The number of fused-ring (bicyclic) bond motifs is 2. The van der Waals surface area contributed by atoms with E-state index in [1.54, 1.807) is 12.1 Å². The quantitative estimate of drug-likeness (QED) is 0.152. The van der Waals surface area contributed by atoms with Crippen LogP contribution in [-0.2, 0) is 20.7 Å². The van der Waals surface area contributed by atoms with E-state index in [1.807, 2.05) is 24.5 Å². The summed E-state index contributed by atoms with van der Waals surface area (Å²) in [5.74, 6) is -1.16. The normalized spacial score (nSPS) is 23.5. The van der Waals surface area contributed by atoms with Crippen LogP contribution in [0.1, 0.15) is 107 Å². The highest BCUT2D eigenvalue weighted by molar-refractivity contribution is 6.24. The summed E-state index contributed by atoms with van der Waals surface area (Å²) in [7, 11) is 0. The number of ketones is 3. The summed E-state index contributed by atoms with van der Waals surface area (Å²) in [4.78, 5) is 70.8. The minimum atomic E-state index is -0.864. The topological polar surface area (TPSA) is 119 Å². The summed E-state index contributed by atoms with van der Waals surface area (Å²) in [6.45, 7) is 1.55. The molecule has 3 atom stereocenters. The summed E-state index contributed by atoms with van der Waals surface area (Å²) < 4.78 is 9.18. The molecule has 2 aromatic carbocycles. The van der Waals surface area contributed by atoms with Crippen LogP contribution < -0.4 is 4.90 Å². The molecule has 0 N–H and O–H groups in total. The zero-order chi connectivity index (χ0) is 36.2. The molecule has 2 aliphatic heterocycles. The second kappa shape index (κ2) is 13.6. The van der Waals surface area contributed by atoms with Crippen LogP contribution in [0.15, 0.2) is 73.3 Å². The second-order valence-electron chi connectivity index (χ2n) is 15.3. The predicted molar refractivity (Wildman–Crippen MR) is 198 cm³/mol. The van der Waals surface area contributed by atoms with E-state index in [4.69, 9.17) is 4.74 Å². The van der Waals surface area contributed by atoms with E-state index in [1.165, 1.54) is 0 Å². The van der Waals surface area contributed by atoms with E-state index in [-0.39, 0.29) is 48.8 Å². The predicted octanol–water partition coefficient (Wildman–Crippen LogP) is 6.80. The van der Waals surface area contributed by atoms with Crippen LogP contribution >= 0.6 is 0 Å². The first-order valence-electron chi connectivity index (χ1n) is 19.1. The standard InChI is InChI=1S/C43H42N4O6/c48-31-7-10-39(41(50)23-31)47-42(51)35-9-6-30(22-36(35)43(47)52)45-18-14-32(15-19-45)53-33-3-1-2-29(21-33)46-24-37(26-12-16-44-17-13-26)38(25-46)28-4-8-34-27(20-28)5-11-40(34)49/h4,6,8-9,12-13,16-17,20,22,24-25,29,32-33,39H,1-3,5,7,10-11,14-15,18-19,21,23H2/t29-,33+,39?/m1/s1. The van der Waals surface area contributed by atoms with Crippen molar-refractivity contribution in [3.63, 3.8) is 0 Å². The Morgan fingerprint density at radius 1 is 0.660 bits per heavy atom. The third-order valence-electron chi connectivity index (χ3n) is 12.0. The molecule has 53 heavy (non-hydrogen) atoms. The lowest BCUT2D eigenvalue weighted by atomic mass is 9.92. The number of benzene rings is 2. The van der Waals surface area contributed by atoms with Crippen molar-refractivity contribution in [1.29, 1.82) is 0 Å². The number of nitrogens with zero attached hydrogens (tertiary/aromatic N) is 4. The number of piperidine rings is 1. The van der Waals surface area contributed by atoms with Gasteiger partial charge in [0.05, 0.1) is 35.8 Å². The number of hydrogen-bond donors (Lipinski definition) is 0. The molecule has 2 saturated carbocycles. The summed E-state index contributed by atoms with van der Waals surface area (Å²) >= 11 is 0. The van der Waals surface area contributed by atoms with Gasteiger partial charge >= 0.3 is 0 Å². The fourth-order valence-electron chi connectivity index (χ4n) is 9.20. The number of rotatable bonds is 7. The minimum Gasteiger partial charge on any atom is -0.375 e. The highest BCUT2D eigenvalue weighted by Gasteiger charge is 2.44. The third kappa shape index (κ3) is 6.22. The largest absolute Gasteiger partial charge is 0.375 e. The van der Waals surface area contributed by atoms with Gasteiger partial charge in [-0.05, 0) is 98.4 Å². The van der Waals surface area contributed by atoms with Crippen molar-refractivity contribution in [2.75, 3.05) is 18.0 Å². The van der Waals surface area contributed by atoms with Crippen LogP contribution in [0.4, 0.5) is 5.69 Å². The fourth-order valence-corrected chi connectivity index (χ4v) is 9.20. The van der Waals surface area contributed by atoms with E-state index in [9.17, 15) is 24.0 Å². The lowest BCUT2D eigenvalue weighted by molar-refractivity contribution is -0.132. The number of aryl methyl sites for hydroxylation is 1. The van der Waals surface area contributed by atoms with E-state index in [0.717, 1.165) is 102 Å². The van der Waals surface area contributed by atoms with Gasteiger partial charge in [0, 0.05) is 79.1 Å². The van der Waals surface area contributed by atoms with Gasteiger partial charge in [0.1, 0.15) is 5.78 Å². The minimum absolute atomic E-state index is 0.141. The number of carbonyl (C=O) groups excluding carboxylic acids is 5. The molecule has 270 valence electrons. The van der Waals surface area contributed by atoms with E-state index in [0.29, 0.717) is 23.6 Å². The van der Waals surface area contributed by atoms with Gasteiger partial charge in [-0.1, -0.05) is 18.2 Å². The molecule has 10 heteroatoms. The zero-order valence-corrected chi connectivity index (χ0v) is 29.7. The SMILES string of the molecule is O=C1CCC(N2C(=O)c3ccc(N4CCC(O[C@H]5CCC[C@@H](n6cc(-c7ccncc7)c(-c7ccc8c(c7)CCC8=O)c6)C5)CC4)cc3C2=O)C(=O)C1. The number of carbonyl (C=O) groups is 5. The maximum Gasteiger partial charge on any atom is 0.262 e. The van der Waals surface area contributed by atoms with Gasteiger partial charge in [-0.25, -0.2) is 0 Å². The van der Waals surface area contributed by atoms with Gasteiger partial charge in [-0.3, -0.25) is 33.9 Å². The Morgan fingerprint density at radius 3 is 2.21 bits per heavy atom.